The van der Waals surface area contributed by atoms with Gasteiger partial charge in [-0.25, -0.2) is 14.8 Å². The van der Waals surface area contributed by atoms with Crippen molar-refractivity contribution in [3.8, 4) is 0 Å². The van der Waals surface area contributed by atoms with Crippen molar-refractivity contribution in [3.63, 3.8) is 0 Å². The number of ether oxygens (including phenoxy) is 1. The summed E-state index contributed by atoms with van der Waals surface area (Å²) in [6, 6.07) is 8.40. The van der Waals surface area contributed by atoms with Gasteiger partial charge in [0.25, 0.3) is 5.91 Å². The molecule has 1 aromatic heterocycles. The van der Waals surface area contributed by atoms with Gasteiger partial charge < -0.3 is 15.0 Å². The van der Waals surface area contributed by atoms with Crippen molar-refractivity contribution in [2.75, 3.05) is 25.5 Å². The minimum absolute atomic E-state index is 0.0666. The van der Waals surface area contributed by atoms with Crippen LogP contribution in [0.1, 0.15) is 40.6 Å². The van der Waals surface area contributed by atoms with Crippen molar-refractivity contribution in [2.45, 2.75) is 19.8 Å². The lowest BCUT2D eigenvalue weighted by atomic mass is 10.00. The fourth-order valence-corrected chi connectivity index (χ4v) is 3.01. The first kappa shape index (κ1) is 17.8. The zero-order valence-electron chi connectivity index (χ0n) is 14.9. The molecule has 3 rings (SSSR count). The van der Waals surface area contributed by atoms with E-state index in [0.29, 0.717) is 28.8 Å². The number of rotatable bonds is 4. The van der Waals surface area contributed by atoms with E-state index in [4.69, 9.17) is 0 Å². The molecule has 1 saturated heterocycles. The second kappa shape index (κ2) is 7.95. The molecule has 1 aliphatic heterocycles. The van der Waals surface area contributed by atoms with Gasteiger partial charge in [0, 0.05) is 25.0 Å². The molecule has 136 valence electrons. The predicted molar refractivity (Wildman–Crippen MR) is 97.4 cm³/mol. The van der Waals surface area contributed by atoms with Gasteiger partial charge in [-0.2, -0.15) is 0 Å². The Balaban J connectivity index is 1.71. The van der Waals surface area contributed by atoms with Gasteiger partial charge >= 0.3 is 5.97 Å². The van der Waals surface area contributed by atoms with Gasteiger partial charge in [0.15, 0.2) is 0 Å². The third-order valence-corrected chi connectivity index (χ3v) is 4.38. The molecule has 26 heavy (non-hydrogen) atoms. The highest BCUT2D eigenvalue weighted by atomic mass is 16.5. The van der Waals surface area contributed by atoms with Crippen molar-refractivity contribution < 1.29 is 14.3 Å². The molecule has 1 fully saturated rings. The average molecular weight is 354 g/mol. The first-order valence-electron chi connectivity index (χ1n) is 8.64. The van der Waals surface area contributed by atoms with Crippen LogP contribution in [0.25, 0.3) is 0 Å². The molecule has 2 heterocycles. The Labute approximate surface area is 152 Å². The molecule has 1 N–H and O–H groups in total. The number of nitrogens with one attached hydrogen (secondary N) is 1. The van der Waals surface area contributed by atoms with Crippen LogP contribution in [0.3, 0.4) is 0 Å². The standard InChI is InChI=1S/C19H22N4O3/c1-13-4-3-11-23(12-13)17(24)16-9-10-20-19(22-16)21-15-7-5-14(6-8-15)18(25)26-2/h5-10,13H,3-4,11-12H2,1-2H3,(H,20,21,22). The van der Waals surface area contributed by atoms with E-state index in [9.17, 15) is 9.59 Å². The van der Waals surface area contributed by atoms with E-state index in [2.05, 4.69) is 26.9 Å². The molecule has 0 saturated carbocycles. The number of hydrogen-bond donors (Lipinski definition) is 1. The maximum Gasteiger partial charge on any atom is 0.337 e. The van der Waals surface area contributed by atoms with E-state index in [1.165, 1.54) is 7.11 Å². The smallest absolute Gasteiger partial charge is 0.337 e. The maximum atomic E-state index is 12.7. The summed E-state index contributed by atoms with van der Waals surface area (Å²) < 4.78 is 4.68. The normalized spacial score (nSPS) is 16.8. The van der Waals surface area contributed by atoms with Gasteiger partial charge in [-0.05, 0) is 49.1 Å². The van der Waals surface area contributed by atoms with Gasteiger partial charge in [-0.3, -0.25) is 4.79 Å². The summed E-state index contributed by atoms with van der Waals surface area (Å²) in [6.45, 7) is 3.69. The van der Waals surface area contributed by atoms with Crippen molar-refractivity contribution in [2.24, 2.45) is 5.92 Å². The summed E-state index contributed by atoms with van der Waals surface area (Å²) in [5, 5.41) is 3.05. The molecule has 0 aliphatic carbocycles. The third-order valence-electron chi connectivity index (χ3n) is 4.38. The van der Waals surface area contributed by atoms with E-state index in [1.807, 2.05) is 4.90 Å². The first-order chi connectivity index (χ1) is 12.6. The lowest BCUT2D eigenvalue weighted by Crippen LogP contribution is -2.39. The summed E-state index contributed by atoms with van der Waals surface area (Å²) in [5.41, 5.74) is 1.55. The number of esters is 1. The zero-order chi connectivity index (χ0) is 18.5. The molecule has 1 aliphatic rings. The Morgan fingerprint density at radius 2 is 2.00 bits per heavy atom. The highest BCUT2D eigenvalue weighted by molar-refractivity contribution is 5.92. The number of nitrogens with zero attached hydrogens (tertiary/aromatic N) is 3. The number of methoxy groups -OCH3 is 1. The average Bonchev–Trinajstić information content (AvgIpc) is 2.67. The number of anilines is 2. The Kier molecular flexibility index (Phi) is 5.46. The third kappa shape index (κ3) is 4.17. The second-order valence-electron chi connectivity index (χ2n) is 6.46. The zero-order valence-corrected chi connectivity index (χ0v) is 14.9. The molecule has 1 unspecified atom stereocenters. The number of hydrogen-bond acceptors (Lipinski definition) is 6. The number of benzene rings is 1. The number of piperidine rings is 1. The predicted octanol–water partition coefficient (Wildman–Crippen LogP) is 2.88. The molecular formula is C19H22N4O3. The van der Waals surface area contributed by atoms with Crippen LogP contribution in [-0.2, 0) is 4.74 Å². The quantitative estimate of drug-likeness (QED) is 0.850. The Hall–Kier alpha value is -2.96. The molecular weight excluding hydrogens is 332 g/mol. The Morgan fingerprint density at radius 3 is 2.69 bits per heavy atom. The SMILES string of the molecule is COC(=O)c1ccc(Nc2nccc(C(=O)N3CCCC(C)C3)n2)cc1. The minimum atomic E-state index is -0.392. The van der Waals surface area contributed by atoms with Gasteiger partial charge in [0.05, 0.1) is 12.7 Å². The molecule has 1 atom stereocenters. The van der Waals surface area contributed by atoms with E-state index in [1.54, 1.807) is 36.5 Å². The summed E-state index contributed by atoms with van der Waals surface area (Å²) >= 11 is 0. The molecule has 7 heteroatoms. The fraction of sp³-hybridized carbons (Fsp3) is 0.368. The van der Waals surface area contributed by atoms with Crippen LogP contribution < -0.4 is 5.32 Å². The van der Waals surface area contributed by atoms with Gasteiger partial charge in [0.2, 0.25) is 5.95 Å². The summed E-state index contributed by atoms with van der Waals surface area (Å²) in [6.07, 6.45) is 3.75. The van der Waals surface area contributed by atoms with E-state index in [0.717, 1.165) is 25.9 Å². The van der Waals surface area contributed by atoms with E-state index >= 15 is 0 Å². The number of amides is 1. The van der Waals surface area contributed by atoms with Crippen LogP contribution >= 0.6 is 0 Å². The number of carbonyl (C=O) groups is 2. The van der Waals surface area contributed by atoms with Crippen LogP contribution in [0, 0.1) is 5.92 Å². The molecule has 0 radical (unpaired) electrons. The number of carbonyl (C=O) groups excluding carboxylic acids is 2. The van der Waals surface area contributed by atoms with E-state index < -0.39 is 5.97 Å². The molecule has 2 aromatic rings. The van der Waals surface area contributed by atoms with Crippen molar-refractivity contribution >= 4 is 23.5 Å². The monoisotopic (exact) mass is 354 g/mol. The van der Waals surface area contributed by atoms with Crippen LogP contribution in [0.2, 0.25) is 0 Å². The van der Waals surface area contributed by atoms with Crippen LogP contribution in [-0.4, -0.2) is 46.9 Å². The lowest BCUT2D eigenvalue weighted by Gasteiger charge is -2.30. The summed E-state index contributed by atoms with van der Waals surface area (Å²) in [5.74, 6) is 0.395. The van der Waals surface area contributed by atoms with Crippen LogP contribution in [0.5, 0.6) is 0 Å². The first-order valence-corrected chi connectivity index (χ1v) is 8.64. The van der Waals surface area contributed by atoms with Crippen molar-refractivity contribution in [1.29, 1.82) is 0 Å². The summed E-state index contributed by atoms with van der Waals surface area (Å²) in [4.78, 5) is 34.5. The molecule has 0 spiro atoms. The summed E-state index contributed by atoms with van der Waals surface area (Å²) in [7, 11) is 1.34. The topological polar surface area (TPSA) is 84.4 Å². The highest BCUT2D eigenvalue weighted by Gasteiger charge is 2.23. The minimum Gasteiger partial charge on any atom is -0.465 e. The Bertz CT molecular complexity index is 792. The fourth-order valence-electron chi connectivity index (χ4n) is 3.01. The molecule has 1 amide bonds. The molecule has 1 aromatic carbocycles. The van der Waals surface area contributed by atoms with Crippen LogP contribution in [0.15, 0.2) is 36.5 Å². The number of aromatic nitrogens is 2. The van der Waals surface area contributed by atoms with Crippen molar-refractivity contribution in [1.82, 2.24) is 14.9 Å². The van der Waals surface area contributed by atoms with E-state index in [-0.39, 0.29) is 5.91 Å². The van der Waals surface area contributed by atoms with Gasteiger partial charge in [0.1, 0.15) is 5.69 Å². The molecule has 0 bridgehead atoms. The van der Waals surface area contributed by atoms with Gasteiger partial charge in [-0.1, -0.05) is 6.92 Å². The van der Waals surface area contributed by atoms with Crippen LogP contribution in [0.4, 0.5) is 11.6 Å². The lowest BCUT2D eigenvalue weighted by molar-refractivity contribution is 0.0600. The Morgan fingerprint density at radius 1 is 1.23 bits per heavy atom. The number of likely N-dealkylation sites (tertiary alicyclic amines) is 1. The van der Waals surface area contributed by atoms with Crippen molar-refractivity contribution in [3.05, 3.63) is 47.8 Å². The second-order valence-corrected chi connectivity index (χ2v) is 6.46. The maximum absolute atomic E-state index is 12.7. The largest absolute Gasteiger partial charge is 0.465 e. The highest BCUT2D eigenvalue weighted by Crippen LogP contribution is 2.18. The molecule has 7 nitrogen and oxygen atoms in total. The van der Waals surface area contributed by atoms with Gasteiger partial charge in [-0.15, -0.1) is 0 Å².